The Morgan fingerprint density at radius 2 is 2.31 bits per heavy atom. The largest absolute Gasteiger partial charge is 0.351 e. The quantitative estimate of drug-likeness (QED) is 0.816. The lowest BCUT2D eigenvalue weighted by atomic mass is 10.1. The molecule has 84 valence electrons. The predicted molar refractivity (Wildman–Crippen MR) is 67.4 cm³/mol. The maximum atomic E-state index is 11.4. The molecule has 5 heteroatoms. The van der Waals surface area contributed by atoms with Crippen LogP contribution in [0.15, 0.2) is 33.8 Å². The second-order valence-corrected chi connectivity index (χ2v) is 4.46. The third-order valence-corrected chi connectivity index (χ3v) is 2.78. The van der Waals surface area contributed by atoms with E-state index in [0.29, 0.717) is 5.71 Å². The first-order valence-electron chi connectivity index (χ1n) is 5.12. The van der Waals surface area contributed by atoms with Gasteiger partial charge in [0.1, 0.15) is 5.71 Å². The van der Waals surface area contributed by atoms with Gasteiger partial charge in [-0.25, -0.2) is 0 Å². The Morgan fingerprint density at radius 1 is 1.44 bits per heavy atom. The molecule has 2 N–H and O–H groups in total. The van der Waals surface area contributed by atoms with Crippen LogP contribution in [0.4, 0.5) is 5.69 Å². The minimum Gasteiger partial charge on any atom is -0.351 e. The molecule has 0 saturated carbocycles. The lowest BCUT2D eigenvalue weighted by Gasteiger charge is -2.13. The molecular formula is C11H12BrN3O. The van der Waals surface area contributed by atoms with E-state index in [1.165, 1.54) is 0 Å². The van der Waals surface area contributed by atoms with E-state index in [4.69, 9.17) is 0 Å². The molecule has 0 bridgehead atoms. The molecule has 1 aliphatic rings. The zero-order valence-electron chi connectivity index (χ0n) is 8.66. The number of rotatable bonds is 2. The minimum atomic E-state index is -0.0752. The fraction of sp³-hybridized carbons (Fsp3) is 0.273. The van der Waals surface area contributed by atoms with Crippen LogP contribution in [0.5, 0.6) is 0 Å². The Labute approximate surface area is 102 Å². The normalized spacial score (nSPS) is 18.3. The monoisotopic (exact) mass is 281 g/mol. The molecule has 1 aliphatic heterocycles. The zero-order chi connectivity index (χ0) is 11.4. The van der Waals surface area contributed by atoms with E-state index >= 15 is 0 Å². The van der Waals surface area contributed by atoms with E-state index in [0.717, 1.165) is 29.5 Å². The fourth-order valence-corrected chi connectivity index (χ4v) is 1.87. The van der Waals surface area contributed by atoms with Crippen molar-refractivity contribution in [2.75, 3.05) is 12.0 Å². The summed E-state index contributed by atoms with van der Waals surface area (Å²) in [6.07, 6.45) is 1.68. The van der Waals surface area contributed by atoms with E-state index in [-0.39, 0.29) is 5.91 Å². The summed E-state index contributed by atoms with van der Waals surface area (Å²) >= 11 is 3.37. The molecule has 0 atom stereocenters. The van der Waals surface area contributed by atoms with Gasteiger partial charge < -0.3 is 5.32 Å². The molecular weight excluding hydrogens is 270 g/mol. The average molecular weight is 282 g/mol. The van der Waals surface area contributed by atoms with E-state index in [9.17, 15) is 4.79 Å². The number of hydrazone groups is 1. The SMILES string of the molecule is O=C1NCCC/C1=N/Nc1cccc(Br)c1. The highest BCUT2D eigenvalue weighted by molar-refractivity contribution is 9.10. The summed E-state index contributed by atoms with van der Waals surface area (Å²) in [6, 6.07) is 7.65. The number of carbonyl (C=O) groups excluding carboxylic acids is 1. The van der Waals surface area contributed by atoms with Gasteiger partial charge in [0.05, 0.1) is 5.69 Å². The van der Waals surface area contributed by atoms with Crippen LogP contribution < -0.4 is 10.7 Å². The summed E-state index contributed by atoms with van der Waals surface area (Å²) in [5, 5.41) is 6.87. The lowest BCUT2D eigenvalue weighted by Crippen LogP contribution is -2.37. The van der Waals surface area contributed by atoms with Crippen LogP contribution in [-0.2, 0) is 4.79 Å². The Bertz CT molecular complexity index is 431. The molecule has 0 aromatic heterocycles. The van der Waals surface area contributed by atoms with Gasteiger partial charge in [0.2, 0.25) is 0 Å². The fourth-order valence-electron chi connectivity index (χ4n) is 1.47. The molecule has 2 rings (SSSR count). The van der Waals surface area contributed by atoms with Gasteiger partial charge in [-0.3, -0.25) is 10.2 Å². The molecule has 4 nitrogen and oxygen atoms in total. The summed E-state index contributed by atoms with van der Waals surface area (Å²) in [4.78, 5) is 11.4. The van der Waals surface area contributed by atoms with Crippen molar-refractivity contribution in [1.82, 2.24) is 5.32 Å². The Morgan fingerprint density at radius 3 is 3.06 bits per heavy atom. The van der Waals surface area contributed by atoms with Crippen molar-refractivity contribution in [2.24, 2.45) is 5.10 Å². The van der Waals surface area contributed by atoms with Crippen LogP contribution in [0.3, 0.4) is 0 Å². The number of nitrogens with zero attached hydrogens (tertiary/aromatic N) is 1. The lowest BCUT2D eigenvalue weighted by molar-refractivity contribution is -0.115. The average Bonchev–Trinajstić information content (AvgIpc) is 2.28. The third-order valence-electron chi connectivity index (χ3n) is 2.28. The molecule has 1 fully saturated rings. The third kappa shape index (κ3) is 2.82. The standard InChI is InChI=1S/C11H12BrN3O/c12-8-3-1-4-9(7-8)14-15-10-5-2-6-13-11(10)16/h1,3-4,7,14H,2,5-6H2,(H,13,16)/b15-10-. The molecule has 1 saturated heterocycles. The number of benzene rings is 1. The zero-order valence-corrected chi connectivity index (χ0v) is 10.3. The number of anilines is 1. The first kappa shape index (κ1) is 11.1. The number of nitrogens with one attached hydrogen (secondary N) is 2. The van der Waals surface area contributed by atoms with E-state index in [1.54, 1.807) is 0 Å². The van der Waals surface area contributed by atoms with Crippen LogP contribution in [0, 0.1) is 0 Å². The van der Waals surface area contributed by atoms with Gasteiger partial charge in [0.25, 0.3) is 5.91 Å². The summed E-state index contributed by atoms with van der Waals surface area (Å²) < 4.78 is 0.978. The van der Waals surface area contributed by atoms with Crippen LogP contribution in [0.2, 0.25) is 0 Å². The van der Waals surface area contributed by atoms with Crippen molar-refractivity contribution in [3.63, 3.8) is 0 Å². The predicted octanol–water partition coefficient (Wildman–Crippen LogP) is 2.13. The number of hydrogen-bond acceptors (Lipinski definition) is 3. The van der Waals surface area contributed by atoms with Gasteiger partial charge in [-0.1, -0.05) is 22.0 Å². The smallest absolute Gasteiger partial charge is 0.267 e. The first-order chi connectivity index (χ1) is 7.75. The van der Waals surface area contributed by atoms with Gasteiger partial charge in [-0.15, -0.1) is 0 Å². The molecule has 1 amide bonds. The molecule has 0 unspecified atom stereocenters. The molecule has 1 aromatic rings. The minimum absolute atomic E-state index is 0.0752. The van der Waals surface area contributed by atoms with Crippen molar-refractivity contribution >= 4 is 33.2 Å². The highest BCUT2D eigenvalue weighted by Crippen LogP contribution is 2.15. The second kappa shape index (κ2) is 5.12. The van der Waals surface area contributed by atoms with Crippen molar-refractivity contribution in [3.05, 3.63) is 28.7 Å². The van der Waals surface area contributed by atoms with Crippen LogP contribution in [0.25, 0.3) is 0 Å². The van der Waals surface area contributed by atoms with Crippen molar-refractivity contribution in [1.29, 1.82) is 0 Å². The maximum Gasteiger partial charge on any atom is 0.267 e. The molecule has 0 aliphatic carbocycles. The van der Waals surface area contributed by atoms with E-state index < -0.39 is 0 Å². The van der Waals surface area contributed by atoms with Gasteiger partial charge in [-0.05, 0) is 31.0 Å². The topological polar surface area (TPSA) is 53.5 Å². The highest BCUT2D eigenvalue weighted by Gasteiger charge is 2.15. The van der Waals surface area contributed by atoms with Gasteiger partial charge in [0.15, 0.2) is 0 Å². The van der Waals surface area contributed by atoms with Crippen LogP contribution in [0.1, 0.15) is 12.8 Å². The Hall–Kier alpha value is -1.36. The summed E-state index contributed by atoms with van der Waals surface area (Å²) in [7, 11) is 0. The Kier molecular flexibility index (Phi) is 3.56. The molecule has 0 radical (unpaired) electrons. The van der Waals surface area contributed by atoms with Crippen molar-refractivity contribution in [3.8, 4) is 0 Å². The van der Waals surface area contributed by atoms with Gasteiger partial charge in [0, 0.05) is 11.0 Å². The Balaban J connectivity index is 2.05. The summed E-state index contributed by atoms with van der Waals surface area (Å²) in [6.45, 7) is 0.745. The van der Waals surface area contributed by atoms with Crippen molar-refractivity contribution < 1.29 is 4.79 Å². The summed E-state index contributed by atoms with van der Waals surface area (Å²) in [5.41, 5.74) is 4.31. The number of amides is 1. The van der Waals surface area contributed by atoms with E-state index in [1.807, 2.05) is 24.3 Å². The molecule has 1 heterocycles. The van der Waals surface area contributed by atoms with E-state index in [2.05, 4.69) is 31.8 Å². The van der Waals surface area contributed by atoms with Crippen LogP contribution >= 0.6 is 15.9 Å². The summed E-state index contributed by atoms with van der Waals surface area (Å²) in [5.74, 6) is -0.0752. The van der Waals surface area contributed by atoms with Crippen LogP contribution in [-0.4, -0.2) is 18.2 Å². The highest BCUT2D eigenvalue weighted by atomic mass is 79.9. The van der Waals surface area contributed by atoms with Crippen molar-refractivity contribution in [2.45, 2.75) is 12.8 Å². The molecule has 0 spiro atoms. The number of halogens is 1. The number of carbonyl (C=O) groups is 1. The van der Waals surface area contributed by atoms with Gasteiger partial charge >= 0.3 is 0 Å². The second-order valence-electron chi connectivity index (χ2n) is 3.54. The maximum absolute atomic E-state index is 11.4. The van der Waals surface area contributed by atoms with Gasteiger partial charge in [-0.2, -0.15) is 5.10 Å². The first-order valence-corrected chi connectivity index (χ1v) is 5.91. The molecule has 16 heavy (non-hydrogen) atoms. The molecule has 1 aromatic carbocycles. The number of piperidine rings is 1. The number of hydrogen-bond donors (Lipinski definition) is 2.